The number of thioether (sulfide) groups is 1. The van der Waals surface area contributed by atoms with E-state index in [-0.39, 0.29) is 5.37 Å². The lowest BCUT2D eigenvalue weighted by Crippen LogP contribution is -2.11. The third-order valence-electron chi connectivity index (χ3n) is 2.47. The van der Waals surface area contributed by atoms with Crippen LogP contribution in [0.3, 0.4) is 0 Å². The van der Waals surface area contributed by atoms with Crippen LogP contribution in [-0.2, 0) is 0 Å². The van der Waals surface area contributed by atoms with Crippen LogP contribution in [0.2, 0.25) is 0 Å². The van der Waals surface area contributed by atoms with Crippen LogP contribution < -0.4 is 21.9 Å². The van der Waals surface area contributed by atoms with E-state index < -0.39 is 0 Å². The highest BCUT2D eigenvalue weighted by atomic mass is 32.2. The standard InChI is InChI=1S/C11H10N2S/c12-9-2-6-1-8-5-11(13)14-10(8)4-7(6)3-9/h1-5,11H,12-13H2. The summed E-state index contributed by atoms with van der Waals surface area (Å²) < 4.78 is 0. The molecule has 1 aliphatic carbocycles. The zero-order chi connectivity index (χ0) is 9.71. The van der Waals surface area contributed by atoms with Gasteiger partial charge < -0.3 is 11.5 Å². The maximum absolute atomic E-state index is 5.83. The number of allylic oxidation sites excluding steroid dienone is 1. The van der Waals surface area contributed by atoms with Gasteiger partial charge in [-0.25, -0.2) is 0 Å². The third-order valence-corrected chi connectivity index (χ3v) is 3.48. The first-order valence-corrected chi connectivity index (χ1v) is 5.37. The highest BCUT2D eigenvalue weighted by Crippen LogP contribution is 2.22. The van der Waals surface area contributed by atoms with E-state index >= 15 is 0 Å². The Balaban J connectivity index is 2.30. The van der Waals surface area contributed by atoms with Crippen molar-refractivity contribution in [1.29, 1.82) is 0 Å². The third kappa shape index (κ3) is 1.10. The average molecular weight is 202 g/mol. The van der Waals surface area contributed by atoms with Gasteiger partial charge in [0, 0.05) is 10.6 Å². The average Bonchev–Trinajstić information content (AvgIpc) is 2.59. The Hall–Kier alpha value is -1.19. The summed E-state index contributed by atoms with van der Waals surface area (Å²) in [6.07, 6.45) is 6.08. The van der Waals surface area contributed by atoms with Crippen molar-refractivity contribution in [2.24, 2.45) is 11.5 Å². The molecule has 1 aliphatic heterocycles. The summed E-state index contributed by atoms with van der Waals surface area (Å²) in [6, 6.07) is 4.32. The summed E-state index contributed by atoms with van der Waals surface area (Å²) >= 11 is 1.70. The van der Waals surface area contributed by atoms with Crippen molar-refractivity contribution in [2.75, 3.05) is 0 Å². The van der Waals surface area contributed by atoms with E-state index in [2.05, 4.69) is 18.2 Å². The molecule has 70 valence electrons. The van der Waals surface area contributed by atoms with E-state index in [9.17, 15) is 0 Å². The van der Waals surface area contributed by atoms with E-state index in [1.807, 2.05) is 12.2 Å². The second kappa shape index (κ2) is 2.65. The van der Waals surface area contributed by atoms with Gasteiger partial charge in [-0.3, -0.25) is 0 Å². The van der Waals surface area contributed by atoms with Crippen LogP contribution in [0.5, 0.6) is 0 Å². The minimum atomic E-state index is 0.105. The molecule has 0 saturated carbocycles. The zero-order valence-electron chi connectivity index (χ0n) is 7.53. The van der Waals surface area contributed by atoms with Crippen LogP contribution in [0, 0.1) is 0 Å². The summed E-state index contributed by atoms with van der Waals surface area (Å²) in [4.78, 5) is 1.26. The molecule has 1 aromatic rings. The van der Waals surface area contributed by atoms with Gasteiger partial charge in [0.25, 0.3) is 0 Å². The number of benzene rings is 1. The summed E-state index contributed by atoms with van der Waals surface area (Å²) in [5.74, 6) is 0. The fraction of sp³-hybridized carbons (Fsp3) is 0.0909. The fourth-order valence-corrected chi connectivity index (χ4v) is 2.84. The van der Waals surface area contributed by atoms with E-state index in [0.29, 0.717) is 0 Å². The van der Waals surface area contributed by atoms with Gasteiger partial charge in [-0.2, -0.15) is 0 Å². The Morgan fingerprint density at radius 2 is 2.00 bits per heavy atom. The first-order chi connectivity index (χ1) is 6.72. The molecule has 1 heterocycles. The smallest absolute Gasteiger partial charge is 0.0750 e. The fourth-order valence-electron chi connectivity index (χ4n) is 1.87. The van der Waals surface area contributed by atoms with Gasteiger partial charge in [-0.1, -0.05) is 0 Å². The van der Waals surface area contributed by atoms with Crippen LogP contribution in [0.15, 0.2) is 22.7 Å². The van der Waals surface area contributed by atoms with Crippen molar-refractivity contribution >= 4 is 30.0 Å². The zero-order valence-corrected chi connectivity index (χ0v) is 8.34. The molecule has 0 bridgehead atoms. The number of nitrogens with two attached hydrogens (primary N) is 2. The van der Waals surface area contributed by atoms with Crippen LogP contribution in [0.1, 0.15) is 5.56 Å². The van der Waals surface area contributed by atoms with Crippen molar-refractivity contribution < 1.29 is 0 Å². The van der Waals surface area contributed by atoms with Crippen molar-refractivity contribution in [3.05, 3.63) is 33.8 Å². The Labute approximate surface area is 86.0 Å². The molecule has 1 aromatic carbocycles. The summed E-state index contributed by atoms with van der Waals surface area (Å²) in [6.45, 7) is 0. The van der Waals surface area contributed by atoms with Gasteiger partial charge in [0.1, 0.15) is 0 Å². The van der Waals surface area contributed by atoms with Gasteiger partial charge >= 0.3 is 0 Å². The lowest BCUT2D eigenvalue weighted by atomic mass is 10.1. The molecule has 3 rings (SSSR count). The molecular formula is C11H10N2S. The molecule has 0 aromatic heterocycles. The number of hydrogen-bond donors (Lipinski definition) is 2. The first-order valence-electron chi connectivity index (χ1n) is 4.49. The predicted octanol–water partition coefficient (Wildman–Crippen LogP) is -0.0487. The van der Waals surface area contributed by atoms with Crippen LogP contribution >= 0.6 is 11.8 Å². The molecule has 0 amide bonds. The minimum absolute atomic E-state index is 0.105. The first kappa shape index (κ1) is 8.15. The highest BCUT2D eigenvalue weighted by Gasteiger charge is 2.13. The second-order valence-electron chi connectivity index (χ2n) is 3.56. The second-order valence-corrected chi connectivity index (χ2v) is 4.78. The van der Waals surface area contributed by atoms with Gasteiger partial charge in [0.15, 0.2) is 0 Å². The Morgan fingerprint density at radius 1 is 1.14 bits per heavy atom. The maximum atomic E-state index is 5.83. The molecule has 1 atom stereocenters. The quantitative estimate of drug-likeness (QED) is 0.620. The molecule has 2 nitrogen and oxygen atoms in total. The van der Waals surface area contributed by atoms with Crippen LogP contribution in [0.25, 0.3) is 18.2 Å². The highest BCUT2D eigenvalue weighted by molar-refractivity contribution is 8.00. The summed E-state index contributed by atoms with van der Waals surface area (Å²) in [5.41, 5.74) is 13.6. The molecule has 0 radical (unpaired) electrons. The van der Waals surface area contributed by atoms with E-state index in [4.69, 9.17) is 11.5 Å². The molecule has 4 N–H and O–H groups in total. The van der Waals surface area contributed by atoms with Crippen molar-refractivity contribution in [2.45, 2.75) is 10.3 Å². The van der Waals surface area contributed by atoms with Crippen molar-refractivity contribution in [3.63, 3.8) is 0 Å². The van der Waals surface area contributed by atoms with Crippen molar-refractivity contribution in [3.8, 4) is 0 Å². The predicted molar refractivity (Wildman–Crippen MR) is 60.6 cm³/mol. The molecule has 0 spiro atoms. The Bertz CT molecular complexity index is 557. The van der Waals surface area contributed by atoms with Gasteiger partial charge in [0.2, 0.25) is 0 Å². The molecule has 2 aliphatic rings. The van der Waals surface area contributed by atoms with Gasteiger partial charge in [-0.05, 0) is 46.4 Å². The number of hydrogen-bond acceptors (Lipinski definition) is 3. The monoisotopic (exact) mass is 202 g/mol. The summed E-state index contributed by atoms with van der Waals surface area (Å²) in [5, 5.41) is 2.55. The lowest BCUT2D eigenvalue weighted by molar-refractivity contribution is 1.24. The van der Waals surface area contributed by atoms with Gasteiger partial charge in [0.05, 0.1) is 5.37 Å². The van der Waals surface area contributed by atoms with Crippen molar-refractivity contribution in [1.82, 2.24) is 0 Å². The topological polar surface area (TPSA) is 52.0 Å². The molecular weight excluding hydrogens is 192 g/mol. The molecule has 3 heteroatoms. The molecule has 0 saturated heterocycles. The maximum Gasteiger partial charge on any atom is 0.0750 e. The minimum Gasteiger partial charge on any atom is -0.399 e. The van der Waals surface area contributed by atoms with Crippen LogP contribution in [0.4, 0.5) is 0 Å². The summed E-state index contributed by atoms with van der Waals surface area (Å²) in [7, 11) is 0. The molecule has 0 fully saturated rings. The Morgan fingerprint density at radius 3 is 2.86 bits per heavy atom. The van der Waals surface area contributed by atoms with E-state index in [1.165, 1.54) is 20.9 Å². The normalized spacial score (nSPS) is 22.1. The molecule has 1 unspecified atom stereocenters. The van der Waals surface area contributed by atoms with Crippen LogP contribution in [-0.4, -0.2) is 5.37 Å². The van der Waals surface area contributed by atoms with E-state index in [0.717, 1.165) is 5.70 Å². The SMILES string of the molecule is NC1=Cc2cc3c(cc2=C1)SC(N)C=3. The lowest BCUT2D eigenvalue weighted by Gasteiger charge is -1.97. The van der Waals surface area contributed by atoms with Gasteiger partial charge in [-0.15, -0.1) is 11.8 Å². The largest absolute Gasteiger partial charge is 0.399 e. The van der Waals surface area contributed by atoms with E-state index in [1.54, 1.807) is 11.8 Å². The Kier molecular flexibility index (Phi) is 1.54. The number of rotatable bonds is 0. The number of fused-ring (bicyclic) bond motifs is 2. The molecule has 14 heavy (non-hydrogen) atoms.